The monoisotopic (exact) mass is 432 g/mol. The molecule has 0 fully saturated rings. The van der Waals surface area contributed by atoms with E-state index >= 15 is 0 Å². The number of carbonyl (C=O) groups is 1. The molecule has 30 heavy (non-hydrogen) atoms. The van der Waals surface area contributed by atoms with E-state index in [4.69, 9.17) is 4.74 Å². The Morgan fingerprint density at radius 3 is 2.27 bits per heavy atom. The average Bonchev–Trinajstić information content (AvgIpc) is 2.61. The summed E-state index contributed by atoms with van der Waals surface area (Å²) in [6, 6.07) is 10.7. The highest BCUT2D eigenvalue weighted by molar-refractivity contribution is 7.92. The van der Waals surface area contributed by atoms with Crippen LogP contribution in [0, 0.1) is 20.8 Å². The third-order valence-corrected chi connectivity index (χ3v) is 6.03. The van der Waals surface area contributed by atoms with Crippen molar-refractivity contribution < 1.29 is 17.9 Å². The normalized spacial score (nSPS) is 12.5. The van der Waals surface area contributed by atoms with Crippen molar-refractivity contribution in [3.63, 3.8) is 0 Å². The highest BCUT2D eigenvalue weighted by Gasteiger charge is 2.23. The van der Waals surface area contributed by atoms with Crippen LogP contribution in [0.1, 0.15) is 49.1 Å². The zero-order chi connectivity index (χ0) is 22.6. The molecule has 6 nitrogen and oxygen atoms in total. The van der Waals surface area contributed by atoms with Crippen molar-refractivity contribution in [1.29, 1.82) is 0 Å². The fraction of sp³-hybridized carbons (Fsp3) is 0.435. The lowest BCUT2D eigenvalue weighted by Gasteiger charge is -2.24. The standard InChI is InChI=1S/C23H32N2O4S/c1-15(2)29-21-10-8-9-20(13-21)25(30(7,27)28)14-23(26)24-19(6)22-12-17(4)16(3)11-18(22)5/h8-13,15,19H,14H2,1-7H3,(H,24,26)/t19-/m0/s1. The first-order valence-corrected chi connectivity index (χ1v) is 11.8. The molecule has 0 radical (unpaired) electrons. The molecule has 0 saturated heterocycles. The lowest BCUT2D eigenvalue weighted by Crippen LogP contribution is -2.41. The van der Waals surface area contributed by atoms with E-state index in [1.807, 2.05) is 34.6 Å². The van der Waals surface area contributed by atoms with Gasteiger partial charge in [-0.25, -0.2) is 8.42 Å². The van der Waals surface area contributed by atoms with Crippen LogP contribution in [0.5, 0.6) is 5.75 Å². The molecule has 0 aromatic heterocycles. The first-order valence-electron chi connectivity index (χ1n) is 10.00. The van der Waals surface area contributed by atoms with Crippen LogP contribution in [0.15, 0.2) is 36.4 Å². The van der Waals surface area contributed by atoms with Gasteiger partial charge in [0.15, 0.2) is 0 Å². The molecule has 164 valence electrons. The number of amides is 1. The largest absolute Gasteiger partial charge is 0.491 e. The average molecular weight is 433 g/mol. The number of rotatable bonds is 8. The number of hydrogen-bond acceptors (Lipinski definition) is 4. The molecule has 1 N–H and O–H groups in total. The summed E-state index contributed by atoms with van der Waals surface area (Å²) in [5.74, 6) is 0.177. The zero-order valence-electron chi connectivity index (χ0n) is 18.8. The maximum atomic E-state index is 12.7. The summed E-state index contributed by atoms with van der Waals surface area (Å²) >= 11 is 0. The van der Waals surface area contributed by atoms with Crippen molar-refractivity contribution in [2.75, 3.05) is 17.1 Å². The Kier molecular flexibility index (Phi) is 7.53. The van der Waals surface area contributed by atoms with E-state index in [-0.39, 0.29) is 24.6 Å². The van der Waals surface area contributed by atoms with Gasteiger partial charge in [-0.1, -0.05) is 18.2 Å². The summed E-state index contributed by atoms with van der Waals surface area (Å²) < 4.78 is 31.5. The van der Waals surface area contributed by atoms with Crippen LogP contribution in [0.2, 0.25) is 0 Å². The summed E-state index contributed by atoms with van der Waals surface area (Å²) in [5, 5.41) is 2.93. The van der Waals surface area contributed by atoms with E-state index in [2.05, 4.69) is 24.4 Å². The Morgan fingerprint density at radius 2 is 1.67 bits per heavy atom. The van der Waals surface area contributed by atoms with E-state index in [9.17, 15) is 13.2 Å². The molecule has 0 aliphatic rings. The van der Waals surface area contributed by atoms with Crippen molar-refractivity contribution in [3.05, 3.63) is 58.7 Å². The first kappa shape index (κ1) is 23.7. The van der Waals surface area contributed by atoms with Gasteiger partial charge in [0.1, 0.15) is 12.3 Å². The molecular weight excluding hydrogens is 400 g/mol. The SMILES string of the molecule is Cc1cc(C)c([C@H](C)NC(=O)CN(c2cccc(OC(C)C)c2)S(C)(=O)=O)cc1C. The molecule has 1 amide bonds. The molecule has 0 unspecified atom stereocenters. The maximum Gasteiger partial charge on any atom is 0.241 e. The van der Waals surface area contributed by atoms with E-state index in [1.54, 1.807) is 24.3 Å². The number of hydrogen-bond donors (Lipinski definition) is 1. The summed E-state index contributed by atoms with van der Waals surface area (Å²) in [6.45, 7) is 11.5. The Labute approximate surface area is 180 Å². The number of sulfonamides is 1. The summed E-state index contributed by atoms with van der Waals surface area (Å²) in [7, 11) is -3.66. The van der Waals surface area contributed by atoms with Crippen LogP contribution in [-0.2, 0) is 14.8 Å². The molecule has 0 heterocycles. The number of anilines is 1. The van der Waals surface area contributed by atoms with E-state index in [0.717, 1.165) is 27.3 Å². The molecular formula is C23H32N2O4S. The Morgan fingerprint density at radius 1 is 1.03 bits per heavy atom. The molecule has 2 aromatic carbocycles. The molecule has 0 bridgehead atoms. The van der Waals surface area contributed by atoms with Crippen LogP contribution in [0.25, 0.3) is 0 Å². The molecule has 2 rings (SSSR count). The van der Waals surface area contributed by atoms with E-state index < -0.39 is 10.0 Å². The number of aryl methyl sites for hydroxylation is 3. The highest BCUT2D eigenvalue weighted by Crippen LogP contribution is 2.25. The molecule has 7 heteroatoms. The summed E-state index contributed by atoms with van der Waals surface area (Å²) in [4.78, 5) is 12.7. The maximum absolute atomic E-state index is 12.7. The van der Waals surface area contributed by atoms with Gasteiger partial charge < -0.3 is 10.1 Å². The molecule has 0 aliphatic heterocycles. The topological polar surface area (TPSA) is 75.7 Å². The van der Waals surface area contributed by atoms with E-state index in [1.165, 1.54) is 5.56 Å². The lowest BCUT2D eigenvalue weighted by molar-refractivity contribution is -0.120. The molecule has 0 aliphatic carbocycles. The van der Waals surface area contributed by atoms with Gasteiger partial charge in [-0.3, -0.25) is 9.10 Å². The second-order valence-electron chi connectivity index (χ2n) is 8.02. The minimum atomic E-state index is -3.66. The second-order valence-corrected chi connectivity index (χ2v) is 9.92. The quantitative estimate of drug-likeness (QED) is 0.683. The fourth-order valence-electron chi connectivity index (χ4n) is 3.33. The van der Waals surface area contributed by atoms with Crippen LogP contribution in [0.4, 0.5) is 5.69 Å². The fourth-order valence-corrected chi connectivity index (χ4v) is 4.18. The van der Waals surface area contributed by atoms with Gasteiger partial charge in [-0.2, -0.15) is 0 Å². The molecule has 1 atom stereocenters. The number of benzene rings is 2. The smallest absolute Gasteiger partial charge is 0.241 e. The second kappa shape index (κ2) is 9.51. The highest BCUT2D eigenvalue weighted by atomic mass is 32.2. The van der Waals surface area contributed by atoms with Crippen LogP contribution >= 0.6 is 0 Å². The molecule has 0 spiro atoms. The first-order chi connectivity index (χ1) is 13.9. The number of nitrogens with zero attached hydrogens (tertiary/aromatic N) is 1. The zero-order valence-corrected chi connectivity index (χ0v) is 19.6. The summed E-state index contributed by atoms with van der Waals surface area (Å²) in [6.07, 6.45) is 1.05. The van der Waals surface area contributed by atoms with Crippen molar-refractivity contribution in [2.24, 2.45) is 0 Å². The predicted molar refractivity (Wildman–Crippen MR) is 122 cm³/mol. The third-order valence-electron chi connectivity index (χ3n) is 4.89. The minimum Gasteiger partial charge on any atom is -0.491 e. The Balaban J connectivity index is 2.22. The lowest BCUT2D eigenvalue weighted by atomic mass is 9.96. The Bertz CT molecular complexity index is 1020. The molecule has 0 saturated carbocycles. The van der Waals surface area contributed by atoms with Gasteiger partial charge in [0, 0.05) is 6.07 Å². The van der Waals surface area contributed by atoms with Gasteiger partial charge in [0.25, 0.3) is 0 Å². The van der Waals surface area contributed by atoms with Gasteiger partial charge >= 0.3 is 0 Å². The van der Waals surface area contributed by atoms with Gasteiger partial charge in [0.2, 0.25) is 15.9 Å². The number of nitrogens with one attached hydrogen (secondary N) is 1. The third kappa shape index (κ3) is 6.23. The van der Waals surface area contributed by atoms with Crippen molar-refractivity contribution in [1.82, 2.24) is 5.32 Å². The van der Waals surface area contributed by atoms with Crippen LogP contribution < -0.4 is 14.4 Å². The number of carbonyl (C=O) groups excluding carboxylic acids is 1. The van der Waals surface area contributed by atoms with Crippen LogP contribution in [-0.4, -0.2) is 33.2 Å². The summed E-state index contributed by atoms with van der Waals surface area (Å²) in [5.41, 5.74) is 4.84. The van der Waals surface area contributed by atoms with Crippen molar-refractivity contribution >= 4 is 21.6 Å². The van der Waals surface area contributed by atoms with Crippen molar-refractivity contribution in [2.45, 2.75) is 53.7 Å². The van der Waals surface area contributed by atoms with Gasteiger partial charge in [-0.15, -0.1) is 0 Å². The molecule has 2 aromatic rings. The van der Waals surface area contributed by atoms with E-state index in [0.29, 0.717) is 11.4 Å². The van der Waals surface area contributed by atoms with Crippen LogP contribution in [0.3, 0.4) is 0 Å². The predicted octanol–water partition coefficient (Wildman–Crippen LogP) is 4.04. The Hall–Kier alpha value is -2.54. The van der Waals surface area contributed by atoms with Gasteiger partial charge in [0.05, 0.1) is 24.1 Å². The number of ether oxygens (including phenoxy) is 1. The van der Waals surface area contributed by atoms with Gasteiger partial charge in [-0.05, 0) is 75.9 Å². The minimum absolute atomic E-state index is 0.0442. The van der Waals surface area contributed by atoms with Crippen molar-refractivity contribution in [3.8, 4) is 5.75 Å².